The fourth-order valence-electron chi connectivity index (χ4n) is 2.62. The van der Waals surface area contributed by atoms with Gasteiger partial charge in [-0.2, -0.15) is 5.10 Å². The number of piperidine rings is 1. The van der Waals surface area contributed by atoms with Gasteiger partial charge in [-0.15, -0.1) is 0 Å². The molecule has 1 saturated heterocycles. The summed E-state index contributed by atoms with van der Waals surface area (Å²) in [5.74, 6) is 0.299. The number of nitrogens with zero attached hydrogens (tertiary/aromatic N) is 3. The Kier molecular flexibility index (Phi) is 3.94. The van der Waals surface area contributed by atoms with Crippen molar-refractivity contribution >= 4 is 5.78 Å². The smallest absolute Gasteiger partial charge is 0.131 e. The van der Waals surface area contributed by atoms with Crippen molar-refractivity contribution in [2.75, 3.05) is 6.54 Å². The Hall–Kier alpha value is -1.16. The molecule has 4 heteroatoms. The lowest BCUT2D eigenvalue weighted by Gasteiger charge is -2.35. The number of aryl methyl sites for hydroxylation is 1. The largest absolute Gasteiger partial charge is 0.300 e. The molecular weight excluding hydrogens is 214 g/mol. The zero-order valence-electron chi connectivity index (χ0n) is 10.7. The van der Waals surface area contributed by atoms with Crippen LogP contribution in [0.4, 0.5) is 0 Å². The van der Waals surface area contributed by atoms with Crippen LogP contribution in [0.1, 0.15) is 38.2 Å². The number of carbonyl (C=O) groups excluding carboxylic acids is 1. The van der Waals surface area contributed by atoms with Crippen molar-refractivity contribution in [3.8, 4) is 0 Å². The van der Waals surface area contributed by atoms with Crippen LogP contribution in [-0.4, -0.2) is 33.1 Å². The van der Waals surface area contributed by atoms with Crippen LogP contribution in [0.2, 0.25) is 0 Å². The maximum atomic E-state index is 11.3. The number of carbonyl (C=O) groups is 1. The first kappa shape index (κ1) is 12.3. The van der Waals surface area contributed by atoms with Crippen LogP contribution >= 0.6 is 0 Å². The van der Waals surface area contributed by atoms with Gasteiger partial charge in [0.25, 0.3) is 0 Å². The molecule has 94 valence electrons. The maximum absolute atomic E-state index is 11.3. The van der Waals surface area contributed by atoms with Crippen molar-refractivity contribution < 1.29 is 4.79 Å². The Balaban J connectivity index is 1.98. The summed E-state index contributed by atoms with van der Waals surface area (Å²) in [6.45, 7) is 3.72. The minimum atomic E-state index is 0.299. The normalized spacial score (nSPS) is 21.6. The molecule has 1 aromatic rings. The summed E-state index contributed by atoms with van der Waals surface area (Å²) in [4.78, 5) is 13.7. The van der Waals surface area contributed by atoms with Gasteiger partial charge in [0.15, 0.2) is 0 Å². The fourth-order valence-corrected chi connectivity index (χ4v) is 2.62. The average molecular weight is 235 g/mol. The van der Waals surface area contributed by atoms with Gasteiger partial charge in [-0.05, 0) is 26.3 Å². The summed E-state index contributed by atoms with van der Waals surface area (Å²) < 4.78 is 1.83. The third-order valence-electron chi connectivity index (χ3n) is 3.42. The monoisotopic (exact) mass is 235 g/mol. The molecule has 0 aliphatic carbocycles. The van der Waals surface area contributed by atoms with E-state index < -0.39 is 0 Å². The van der Waals surface area contributed by atoms with E-state index in [-0.39, 0.29) is 0 Å². The standard InChI is InChI=1S/C13H21N3O/c1-11(17)7-13-5-3-4-6-16(13)10-12-8-14-15(2)9-12/h8-9,13H,3-7,10H2,1-2H3. The summed E-state index contributed by atoms with van der Waals surface area (Å²) in [5, 5.41) is 4.19. The molecule has 1 aliphatic rings. The highest BCUT2D eigenvalue weighted by Crippen LogP contribution is 2.21. The van der Waals surface area contributed by atoms with Gasteiger partial charge in [-0.3, -0.25) is 14.4 Å². The van der Waals surface area contributed by atoms with Gasteiger partial charge >= 0.3 is 0 Å². The van der Waals surface area contributed by atoms with E-state index in [0.29, 0.717) is 18.2 Å². The first-order valence-corrected chi connectivity index (χ1v) is 6.36. The lowest BCUT2D eigenvalue weighted by atomic mass is 9.97. The topological polar surface area (TPSA) is 38.1 Å². The molecule has 1 aliphatic heterocycles. The molecule has 0 amide bonds. The van der Waals surface area contributed by atoms with Crippen molar-refractivity contribution in [2.45, 2.75) is 45.2 Å². The van der Waals surface area contributed by atoms with E-state index in [2.05, 4.69) is 16.2 Å². The van der Waals surface area contributed by atoms with E-state index in [1.54, 1.807) is 6.92 Å². The Morgan fingerprint density at radius 2 is 2.35 bits per heavy atom. The van der Waals surface area contributed by atoms with Crippen LogP contribution in [0.25, 0.3) is 0 Å². The molecule has 0 spiro atoms. The summed E-state index contributed by atoms with van der Waals surface area (Å²) in [7, 11) is 1.94. The molecule has 0 bridgehead atoms. The Labute approximate surface area is 103 Å². The molecule has 0 radical (unpaired) electrons. The molecule has 4 nitrogen and oxygen atoms in total. The van der Waals surface area contributed by atoms with Gasteiger partial charge in [-0.25, -0.2) is 0 Å². The number of rotatable bonds is 4. The summed E-state index contributed by atoms with van der Waals surface area (Å²) in [6, 6.07) is 0.432. The third kappa shape index (κ3) is 3.40. The van der Waals surface area contributed by atoms with Crippen LogP contribution in [0.15, 0.2) is 12.4 Å². The number of likely N-dealkylation sites (tertiary alicyclic amines) is 1. The molecule has 1 unspecified atom stereocenters. The number of Topliss-reactive ketones (excluding diaryl/α,β-unsaturated/α-hetero) is 1. The van der Waals surface area contributed by atoms with E-state index in [0.717, 1.165) is 19.5 Å². The van der Waals surface area contributed by atoms with Gasteiger partial charge in [0.2, 0.25) is 0 Å². The molecule has 0 N–H and O–H groups in total. The third-order valence-corrected chi connectivity index (χ3v) is 3.42. The van der Waals surface area contributed by atoms with Crippen LogP contribution < -0.4 is 0 Å². The lowest BCUT2D eigenvalue weighted by Crippen LogP contribution is -2.39. The second kappa shape index (κ2) is 5.45. The zero-order chi connectivity index (χ0) is 12.3. The molecule has 2 rings (SSSR count). The minimum Gasteiger partial charge on any atom is -0.300 e. The zero-order valence-corrected chi connectivity index (χ0v) is 10.7. The molecule has 1 atom stereocenters. The van der Waals surface area contributed by atoms with Crippen LogP contribution in [0.5, 0.6) is 0 Å². The summed E-state index contributed by atoms with van der Waals surface area (Å²) in [6.07, 6.45) is 8.31. The van der Waals surface area contributed by atoms with E-state index >= 15 is 0 Å². The van der Waals surface area contributed by atoms with Crippen molar-refractivity contribution in [1.29, 1.82) is 0 Å². The van der Waals surface area contributed by atoms with Gasteiger partial charge < -0.3 is 0 Å². The van der Waals surface area contributed by atoms with Crippen molar-refractivity contribution in [2.24, 2.45) is 7.05 Å². The number of hydrogen-bond donors (Lipinski definition) is 0. The lowest BCUT2D eigenvalue weighted by molar-refractivity contribution is -0.118. The summed E-state index contributed by atoms with van der Waals surface area (Å²) in [5.41, 5.74) is 1.24. The highest BCUT2D eigenvalue weighted by Gasteiger charge is 2.23. The fraction of sp³-hybridized carbons (Fsp3) is 0.692. The maximum Gasteiger partial charge on any atom is 0.131 e. The number of ketones is 1. The highest BCUT2D eigenvalue weighted by atomic mass is 16.1. The first-order chi connectivity index (χ1) is 8.15. The molecule has 1 fully saturated rings. The Morgan fingerprint density at radius 3 is 3.00 bits per heavy atom. The van der Waals surface area contributed by atoms with Gasteiger partial charge in [0, 0.05) is 37.8 Å². The molecule has 2 heterocycles. The molecule has 17 heavy (non-hydrogen) atoms. The molecule has 1 aromatic heterocycles. The van der Waals surface area contributed by atoms with Crippen molar-refractivity contribution in [1.82, 2.24) is 14.7 Å². The second-order valence-corrected chi connectivity index (χ2v) is 5.05. The number of hydrogen-bond acceptors (Lipinski definition) is 3. The second-order valence-electron chi connectivity index (χ2n) is 5.05. The van der Waals surface area contributed by atoms with Crippen LogP contribution in [-0.2, 0) is 18.4 Å². The van der Waals surface area contributed by atoms with Crippen molar-refractivity contribution in [3.05, 3.63) is 18.0 Å². The van der Waals surface area contributed by atoms with E-state index in [9.17, 15) is 4.79 Å². The highest BCUT2D eigenvalue weighted by molar-refractivity contribution is 5.76. The SMILES string of the molecule is CC(=O)CC1CCCCN1Cc1cnn(C)c1. The number of aromatic nitrogens is 2. The van der Waals surface area contributed by atoms with Gasteiger partial charge in [0.05, 0.1) is 6.20 Å². The van der Waals surface area contributed by atoms with E-state index in [1.165, 1.54) is 18.4 Å². The first-order valence-electron chi connectivity index (χ1n) is 6.36. The Morgan fingerprint density at radius 1 is 1.53 bits per heavy atom. The average Bonchev–Trinajstić information content (AvgIpc) is 2.66. The van der Waals surface area contributed by atoms with Crippen molar-refractivity contribution in [3.63, 3.8) is 0 Å². The molecule has 0 saturated carbocycles. The Bertz CT molecular complexity index is 386. The van der Waals surface area contributed by atoms with Gasteiger partial charge in [0.1, 0.15) is 5.78 Å². The predicted octanol–water partition coefficient (Wildman–Crippen LogP) is 1.75. The predicted molar refractivity (Wildman–Crippen MR) is 66.6 cm³/mol. The quantitative estimate of drug-likeness (QED) is 0.798. The van der Waals surface area contributed by atoms with Gasteiger partial charge in [-0.1, -0.05) is 6.42 Å². The van der Waals surface area contributed by atoms with Crippen LogP contribution in [0.3, 0.4) is 0 Å². The van der Waals surface area contributed by atoms with E-state index in [4.69, 9.17) is 0 Å². The van der Waals surface area contributed by atoms with Crippen LogP contribution in [0, 0.1) is 0 Å². The van der Waals surface area contributed by atoms with E-state index in [1.807, 2.05) is 17.9 Å². The summed E-state index contributed by atoms with van der Waals surface area (Å²) >= 11 is 0. The molecule has 0 aromatic carbocycles. The minimum absolute atomic E-state index is 0.299. The molecular formula is C13H21N3O.